The molecule has 0 aliphatic heterocycles. The first-order chi connectivity index (χ1) is 4.79. The lowest BCUT2D eigenvalue weighted by atomic mass is 9.98. The Kier molecular flexibility index (Phi) is 2.54. The molecular formula is C7H12NO2. The van der Waals surface area contributed by atoms with Gasteiger partial charge >= 0.3 is 6.09 Å². The Balaban J connectivity index is 2.19. The molecule has 1 amide bonds. The van der Waals surface area contributed by atoms with Gasteiger partial charge in [0.1, 0.15) is 0 Å². The SMILES string of the molecule is NC(=O)O[C]1CCCCC1. The van der Waals surface area contributed by atoms with Gasteiger partial charge in [0.05, 0.1) is 0 Å². The molecule has 0 saturated heterocycles. The molecule has 1 radical (unpaired) electrons. The molecule has 0 spiro atoms. The van der Waals surface area contributed by atoms with E-state index in [1.54, 1.807) is 0 Å². The van der Waals surface area contributed by atoms with Crippen LogP contribution in [0.2, 0.25) is 0 Å². The molecule has 0 bridgehead atoms. The molecule has 1 aliphatic carbocycles. The summed E-state index contributed by atoms with van der Waals surface area (Å²) in [5.41, 5.74) is 4.84. The molecule has 0 heterocycles. The van der Waals surface area contributed by atoms with Crippen LogP contribution in [0.1, 0.15) is 32.1 Å². The Morgan fingerprint density at radius 2 is 1.90 bits per heavy atom. The standard InChI is InChI=1S/C7H12NO2/c8-7(9)10-6-4-2-1-3-5-6/h1-5H2,(H2,8,9). The van der Waals surface area contributed by atoms with Gasteiger partial charge in [-0.25, -0.2) is 4.79 Å². The summed E-state index contributed by atoms with van der Waals surface area (Å²) in [6.07, 6.45) is 5.50. The van der Waals surface area contributed by atoms with Crippen molar-refractivity contribution in [3.8, 4) is 0 Å². The lowest BCUT2D eigenvalue weighted by Gasteiger charge is -2.18. The second-order valence-corrected chi connectivity index (χ2v) is 2.52. The molecule has 0 unspecified atom stereocenters. The predicted octanol–water partition coefficient (Wildman–Crippen LogP) is 1.58. The van der Waals surface area contributed by atoms with E-state index in [1.807, 2.05) is 0 Å². The van der Waals surface area contributed by atoms with Crippen LogP contribution in [-0.2, 0) is 4.74 Å². The molecule has 0 aromatic heterocycles. The number of carbonyl (C=O) groups is 1. The van der Waals surface area contributed by atoms with Crippen LogP contribution in [0.25, 0.3) is 0 Å². The molecule has 0 aromatic carbocycles. The van der Waals surface area contributed by atoms with Crippen LogP contribution >= 0.6 is 0 Å². The van der Waals surface area contributed by atoms with Gasteiger partial charge in [-0.05, 0) is 25.7 Å². The first-order valence-electron chi connectivity index (χ1n) is 3.61. The third kappa shape index (κ3) is 2.25. The van der Waals surface area contributed by atoms with Gasteiger partial charge in [0.25, 0.3) is 0 Å². The molecule has 0 atom stereocenters. The molecule has 0 aromatic rings. The summed E-state index contributed by atoms with van der Waals surface area (Å²) in [4.78, 5) is 10.2. The van der Waals surface area contributed by atoms with Crippen molar-refractivity contribution in [2.45, 2.75) is 32.1 Å². The Labute approximate surface area is 60.5 Å². The van der Waals surface area contributed by atoms with Crippen molar-refractivity contribution >= 4 is 6.09 Å². The number of carbonyl (C=O) groups excluding carboxylic acids is 1. The molecule has 1 saturated carbocycles. The van der Waals surface area contributed by atoms with Gasteiger partial charge in [-0.1, -0.05) is 6.42 Å². The highest BCUT2D eigenvalue weighted by Crippen LogP contribution is 2.25. The summed E-state index contributed by atoms with van der Waals surface area (Å²) < 4.78 is 4.75. The van der Waals surface area contributed by atoms with Gasteiger partial charge in [-0.15, -0.1) is 0 Å². The average Bonchev–Trinajstić information content (AvgIpc) is 1.88. The number of amides is 1. The molecule has 10 heavy (non-hydrogen) atoms. The van der Waals surface area contributed by atoms with Crippen LogP contribution in [0.3, 0.4) is 0 Å². The fourth-order valence-electron chi connectivity index (χ4n) is 1.19. The summed E-state index contributed by atoms with van der Waals surface area (Å²) in [6, 6.07) is 0. The Morgan fingerprint density at radius 3 is 2.40 bits per heavy atom. The highest BCUT2D eigenvalue weighted by Gasteiger charge is 2.16. The normalized spacial score (nSPS) is 20.4. The van der Waals surface area contributed by atoms with E-state index in [9.17, 15) is 4.79 Å². The maximum Gasteiger partial charge on any atom is 0.405 e. The molecule has 1 rings (SSSR count). The van der Waals surface area contributed by atoms with E-state index in [0.717, 1.165) is 31.8 Å². The second kappa shape index (κ2) is 3.44. The van der Waals surface area contributed by atoms with E-state index in [4.69, 9.17) is 10.5 Å². The van der Waals surface area contributed by atoms with Crippen LogP contribution in [0.15, 0.2) is 0 Å². The van der Waals surface area contributed by atoms with Gasteiger partial charge in [-0.2, -0.15) is 0 Å². The van der Waals surface area contributed by atoms with Crippen molar-refractivity contribution in [3.05, 3.63) is 6.10 Å². The zero-order valence-electron chi connectivity index (χ0n) is 5.93. The maximum atomic E-state index is 10.2. The summed E-state index contributed by atoms with van der Waals surface area (Å²) in [5.74, 6) is 0. The summed E-state index contributed by atoms with van der Waals surface area (Å²) in [7, 11) is 0. The number of ether oxygens (including phenoxy) is 1. The van der Waals surface area contributed by atoms with E-state index < -0.39 is 6.09 Å². The Hall–Kier alpha value is -0.730. The Morgan fingerprint density at radius 1 is 1.30 bits per heavy atom. The van der Waals surface area contributed by atoms with Crippen molar-refractivity contribution in [2.24, 2.45) is 5.73 Å². The highest BCUT2D eigenvalue weighted by atomic mass is 16.6. The van der Waals surface area contributed by atoms with E-state index >= 15 is 0 Å². The lowest BCUT2D eigenvalue weighted by Crippen LogP contribution is -2.18. The summed E-state index contributed by atoms with van der Waals surface area (Å²) >= 11 is 0. The largest absolute Gasteiger partial charge is 0.439 e. The second-order valence-electron chi connectivity index (χ2n) is 2.52. The first-order valence-corrected chi connectivity index (χ1v) is 3.61. The number of hydrogen-bond donors (Lipinski definition) is 1. The zero-order valence-corrected chi connectivity index (χ0v) is 5.93. The van der Waals surface area contributed by atoms with Crippen molar-refractivity contribution in [1.82, 2.24) is 0 Å². The van der Waals surface area contributed by atoms with Gasteiger partial charge < -0.3 is 10.5 Å². The highest BCUT2D eigenvalue weighted by molar-refractivity contribution is 5.65. The number of hydrogen-bond acceptors (Lipinski definition) is 2. The quantitative estimate of drug-likeness (QED) is 0.604. The van der Waals surface area contributed by atoms with Gasteiger partial charge in [0.2, 0.25) is 0 Å². The fraction of sp³-hybridized carbons (Fsp3) is 0.714. The van der Waals surface area contributed by atoms with Gasteiger partial charge in [-0.3, -0.25) is 0 Å². The molecular weight excluding hydrogens is 130 g/mol. The molecule has 57 valence electrons. The summed E-state index contributed by atoms with van der Waals surface area (Å²) in [6.45, 7) is 0. The van der Waals surface area contributed by atoms with Crippen LogP contribution in [0.5, 0.6) is 0 Å². The predicted molar refractivity (Wildman–Crippen MR) is 37.0 cm³/mol. The van der Waals surface area contributed by atoms with Crippen molar-refractivity contribution in [2.75, 3.05) is 0 Å². The molecule has 1 fully saturated rings. The van der Waals surface area contributed by atoms with Crippen molar-refractivity contribution in [3.63, 3.8) is 0 Å². The minimum absolute atomic E-state index is 0.670. The maximum absolute atomic E-state index is 10.2. The first kappa shape index (κ1) is 7.38. The Bertz CT molecular complexity index is 119. The van der Waals surface area contributed by atoms with Crippen LogP contribution in [0.4, 0.5) is 4.79 Å². The van der Waals surface area contributed by atoms with Crippen molar-refractivity contribution < 1.29 is 9.53 Å². The van der Waals surface area contributed by atoms with Crippen LogP contribution in [-0.4, -0.2) is 6.09 Å². The molecule has 3 heteroatoms. The van der Waals surface area contributed by atoms with Crippen molar-refractivity contribution in [1.29, 1.82) is 0 Å². The van der Waals surface area contributed by atoms with Crippen LogP contribution in [0, 0.1) is 6.10 Å². The van der Waals surface area contributed by atoms with Crippen LogP contribution < -0.4 is 5.73 Å². The third-order valence-corrected chi connectivity index (χ3v) is 1.66. The minimum atomic E-state index is -0.670. The van der Waals surface area contributed by atoms with E-state index in [0.29, 0.717) is 0 Å². The van der Waals surface area contributed by atoms with E-state index in [1.165, 1.54) is 6.42 Å². The molecule has 3 nitrogen and oxygen atoms in total. The number of primary amides is 1. The fourth-order valence-corrected chi connectivity index (χ4v) is 1.19. The monoisotopic (exact) mass is 142 g/mol. The van der Waals surface area contributed by atoms with Gasteiger partial charge in [0, 0.05) is 0 Å². The van der Waals surface area contributed by atoms with E-state index in [2.05, 4.69) is 0 Å². The smallest absolute Gasteiger partial charge is 0.405 e. The van der Waals surface area contributed by atoms with E-state index in [-0.39, 0.29) is 0 Å². The summed E-state index contributed by atoms with van der Waals surface area (Å²) in [5, 5.41) is 0. The lowest BCUT2D eigenvalue weighted by molar-refractivity contribution is 0.144. The average molecular weight is 142 g/mol. The van der Waals surface area contributed by atoms with Gasteiger partial charge in [0.15, 0.2) is 6.10 Å². The third-order valence-electron chi connectivity index (χ3n) is 1.66. The topological polar surface area (TPSA) is 52.3 Å². The number of nitrogens with two attached hydrogens (primary N) is 1. The number of rotatable bonds is 1. The zero-order chi connectivity index (χ0) is 7.40. The molecule has 2 N–H and O–H groups in total. The molecule has 1 aliphatic rings. The minimum Gasteiger partial charge on any atom is -0.439 e.